The number of thiophene rings is 1. The number of rotatable bonds is 5. The maximum Gasteiger partial charge on any atom is 0.262 e. The Morgan fingerprint density at radius 2 is 1.97 bits per heavy atom. The number of fused-ring (bicyclic) bond motifs is 3. The Morgan fingerprint density at radius 1 is 1.19 bits per heavy atom. The summed E-state index contributed by atoms with van der Waals surface area (Å²) in [6.07, 6.45) is 8.95. The Kier molecular flexibility index (Phi) is 6.36. The molecule has 1 aliphatic carbocycles. The molecule has 0 bridgehead atoms. The monoisotopic (exact) mass is 458 g/mol. The summed E-state index contributed by atoms with van der Waals surface area (Å²) in [5.41, 5.74) is 1.24. The van der Waals surface area contributed by atoms with Gasteiger partial charge in [0, 0.05) is 50.1 Å². The van der Waals surface area contributed by atoms with Gasteiger partial charge in [0.15, 0.2) is 0 Å². The van der Waals surface area contributed by atoms with E-state index in [2.05, 4.69) is 23.7 Å². The third-order valence-electron chi connectivity index (χ3n) is 7.17. The summed E-state index contributed by atoms with van der Waals surface area (Å²) in [4.78, 5) is 37.5. The van der Waals surface area contributed by atoms with E-state index >= 15 is 0 Å². The normalized spacial score (nSPS) is 26.6. The van der Waals surface area contributed by atoms with Crippen molar-refractivity contribution in [2.75, 3.05) is 26.2 Å². The highest BCUT2D eigenvalue weighted by Crippen LogP contribution is 2.33. The lowest BCUT2D eigenvalue weighted by atomic mass is 9.97. The van der Waals surface area contributed by atoms with Gasteiger partial charge in [-0.3, -0.25) is 19.1 Å². The maximum atomic E-state index is 13.2. The van der Waals surface area contributed by atoms with E-state index in [9.17, 15) is 9.59 Å². The Balaban J connectivity index is 1.24. The number of hydrogen-bond donors (Lipinski definition) is 0. The first-order valence-electron chi connectivity index (χ1n) is 12.2. The molecule has 2 saturated heterocycles. The minimum absolute atomic E-state index is 0.0245. The molecule has 2 aromatic heterocycles. The first-order valence-corrected chi connectivity index (χ1v) is 13.0. The first kappa shape index (κ1) is 22.0. The average Bonchev–Trinajstić information content (AvgIpc) is 3.37. The van der Waals surface area contributed by atoms with Crippen LogP contribution in [0, 0.1) is 0 Å². The SMILES string of the molecule is CC1CN(CC2CCCN2C(=O)CCn2cnc3sc4c(c3c2=O)CCCC4)CC(C)O1. The Bertz CT molecular complexity index is 1040. The van der Waals surface area contributed by atoms with E-state index in [1.165, 1.54) is 16.9 Å². The van der Waals surface area contributed by atoms with Crippen LogP contribution in [0.15, 0.2) is 11.1 Å². The van der Waals surface area contributed by atoms with Gasteiger partial charge < -0.3 is 9.64 Å². The minimum atomic E-state index is 0.0245. The predicted molar refractivity (Wildman–Crippen MR) is 126 cm³/mol. The maximum absolute atomic E-state index is 13.2. The lowest BCUT2D eigenvalue weighted by Gasteiger charge is -2.38. The molecule has 2 aliphatic heterocycles. The second kappa shape index (κ2) is 9.23. The fraction of sp³-hybridized carbons (Fsp3) is 0.708. The van der Waals surface area contributed by atoms with Crippen LogP contribution in [0.4, 0.5) is 0 Å². The van der Waals surface area contributed by atoms with Crippen molar-refractivity contribution in [2.45, 2.75) is 83.6 Å². The molecule has 2 aromatic rings. The van der Waals surface area contributed by atoms with Crippen molar-refractivity contribution in [1.29, 1.82) is 0 Å². The lowest BCUT2D eigenvalue weighted by Crippen LogP contribution is -2.51. The highest BCUT2D eigenvalue weighted by Gasteiger charge is 2.32. The summed E-state index contributed by atoms with van der Waals surface area (Å²) >= 11 is 1.67. The van der Waals surface area contributed by atoms with E-state index in [1.54, 1.807) is 22.2 Å². The number of morpholine rings is 1. The van der Waals surface area contributed by atoms with Crippen LogP contribution in [0.3, 0.4) is 0 Å². The molecular weight excluding hydrogens is 424 g/mol. The van der Waals surface area contributed by atoms with E-state index in [0.717, 1.165) is 68.5 Å². The topological polar surface area (TPSA) is 67.7 Å². The van der Waals surface area contributed by atoms with Gasteiger partial charge in [0.2, 0.25) is 5.91 Å². The van der Waals surface area contributed by atoms with Crippen LogP contribution >= 0.6 is 11.3 Å². The van der Waals surface area contributed by atoms with Gasteiger partial charge >= 0.3 is 0 Å². The van der Waals surface area contributed by atoms with E-state index in [4.69, 9.17) is 4.74 Å². The molecule has 5 rings (SSSR count). The smallest absolute Gasteiger partial charge is 0.262 e. The number of carbonyl (C=O) groups excluding carboxylic acids is 1. The predicted octanol–water partition coefficient (Wildman–Crippen LogP) is 2.83. The molecule has 1 amide bonds. The zero-order chi connectivity index (χ0) is 22.2. The van der Waals surface area contributed by atoms with E-state index in [-0.39, 0.29) is 29.7 Å². The van der Waals surface area contributed by atoms with Gasteiger partial charge in [0.25, 0.3) is 5.56 Å². The van der Waals surface area contributed by atoms with Crippen molar-refractivity contribution in [2.24, 2.45) is 0 Å². The third-order valence-corrected chi connectivity index (χ3v) is 8.37. The highest BCUT2D eigenvalue weighted by molar-refractivity contribution is 7.18. The number of amides is 1. The fourth-order valence-electron chi connectivity index (χ4n) is 5.79. The van der Waals surface area contributed by atoms with Gasteiger partial charge in [-0.1, -0.05) is 0 Å². The molecule has 8 heteroatoms. The van der Waals surface area contributed by atoms with Crippen molar-refractivity contribution in [3.63, 3.8) is 0 Å². The average molecular weight is 459 g/mol. The van der Waals surface area contributed by atoms with Crippen molar-refractivity contribution in [3.8, 4) is 0 Å². The molecule has 0 aromatic carbocycles. The van der Waals surface area contributed by atoms with E-state index in [1.807, 2.05) is 4.90 Å². The summed E-state index contributed by atoms with van der Waals surface area (Å²) in [5.74, 6) is 0.154. The molecule has 0 saturated carbocycles. The Labute approximate surface area is 193 Å². The summed E-state index contributed by atoms with van der Waals surface area (Å²) in [5, 5.41) is 0.800. The zero-order valence-electron chi connectivity index (χ0n) is 19.2. The lowest BCUT2D eigenvalue weighted by molar-refractivity contribution is -0.133. The molecule has 3 unspecified atom stereocenters. The van der Waals surface area contributed by atoms with E-state index < -0.39 is 0 Å². The van der Waals surface area contributed by atoms with Gasteiger partial charge in [-0.25, -0.2) is 4.98 Å². The summed E-state index contributed by atoms with van der Waals surface area (Å²) < 4.78 is 7.50. The largest absolute Gasteiger partial charge is 0.373 e. The number of hydrogen-bond acceptors (Lipinski definition) is 6. The summed E-state index contributed by atoms with van der Waals surface area (Å²) in [7, 11) is 0. The number of ether oxygens (including phenoxy) is 1. The second-order valence-electron chi connectivity index (χ2n) is 9.74. The highest BCUT2D eigenvalue weighted by atomic mass is 32.1. The number of carbonyl (C=O) groups is 1. The van der Waals surface area contributed by atoms with Crippen molar-refractivity contribution in [3.05, 3.63) is 27.1 Å². The van der Waals surface area contributed by atoms with Crippen molar-refractivity contribution >= 4 is 27.5 Å². The second-order valence-corrected chi connectivity index (χ2v) is 10.8. The molecule has 2 fully saturated rings. The molecule has 0 N–H and O–H groups in total. The van der Waals surface area contributed by atoms with Crippen LogP contribution in [0.2, 0.25) is 0 Å². The molecule has 174 valence electrons. The van der Waals surface area contributed by atoms with Gasteiger partial charge in [0.05, 0.1) is 23.9 Å². The zero-order valence-corrected chi connectivity index (χ0v) is 20.0. The number of aromatic nitrogens is 2. The van der Waals surface area contributed by atoms with Crippen LogP contribution in [-0.4, -0.2) is 69.7 Å². The van der Waals surface area contributed by atoms with Crippen LogP contribution in [0.1, 0.15) is 56.4 Å². The minimum Gasteiger partial charge on any atom is -0.373 e. The van der Waals surface area contributed by atoms with Crippen LogP contribution in [-0.2, 0) is 28.9 Å². The standard InChI is InChI=1S/C24H34N4O3S/c1-16-12-26(13-17(2)31-16)14-18-6-5-10-28(18)21(29)9-11-27-15-25-23-22(24(27)30)19-7-3-4-8-20(19)32-23/h15-18H,3-14H2,1-2H3. The molecule has 0 spiro atoms. The summed E-state index contributed by atoms with van der Waals surface area (Å²) in [6.45, 7) is 8.23. The third kappa shape index (κ3) is 4.37. The van der Waals surface area contributed by atoms with Gasteiger partial charge in [-0.2, -0.15) is 0 Å². The Morgan fingerprint density at radius 3 is 2.78 bits per heavy atom. The van der Waals surface area contributed by atoms with Crippen molar-refractivity contribution < 1.29 is 9.53 Å². The molecule has 7 nitrogen and oxygen atoms in total. The molecule has 0 radical (unpaired) electrons. The van der Waals surface area contributed by atoms with Crippen LogP contribution in [0.25, 0.3) is 10.2 Å². The van der Waals surface area contributed by atoms with Gasteiger partial charge in [-0.15, -0.1) is 11.3 Å². The van der Waals surface area contributed by atoms with Gasteiger partial charge in [0.1, 0.15) is 4.83 Å². The quantitative estimate of drug-likeness (QED) is 0.689. The van der Waals surface area contributed by atoms with E-state index in [0.29, 0.717) is 13.0 Å². The number of aryl methyl sites for hydroxylation is 3. The van der Waals surface area contributed by atoms with Crippen molar-refractivity contribution in [1.82, 2.24) is 19.4 Å². The number of likely N-dealkylation sites (tertiary alicyclic amines) is 1. The molecular formula is C24H34N4O3S. The molecule has 4 heterocycles. The fourth-order valence-corrected chi connectivity index (χ4v) is 7.01. The molecule has 3 atom stereocenters. The molecule has 32 heavy (non-hydrogen) atoms. The summed E-state index contributed by atoms with van der Waals surface area (Å²) in [6, 6.07) is 0.265. The number of nitrogens with zero attached hydrogens (tertiary/aromatic N) is 4. The Hall–Kier alpha value is -1.77. The van der Waals surface area contributed by atoms with Crippen LogP contribution in [0.5, 0.6) is 0 Å². The first-order chi connectivity index (χ1) is 15.5. The van der Waals surface area contributed by atoms with Gasteiger partial charge in [-0.05, 0) is 57.9 Å². The molecule has 3 aliphatic rings. The van der Waals surface area contributed by atoms with Crippen LogP contribution < -0.4 is 5.56 Å².